The fourth-order valence-corrected chi connectivity index (χ4v) is 6.05. The van der Waals surface area contributed by atoms with Crippen molar-refractivity contribution in [3.05, 3.63) is 51.1 Å². The lowest BCUT2D eigenvalue weighted by Gasteiger charge is -2.36. The summed E-state index contributed by atoms with van der Waals surface area (Å²) in [7, 11) is 0. The van der Waals surface area contributed by atoms with Gasteiger partial charge in [0.15, 0.2) is 5.82 Å². The third kappa shape index (κ3) is 5.25. The molecule has 2 aromatic heterocycles. The van der Waals surface area contributed by atoms with E-state index in [0.717, 1.165) is 61.1 Å². The number of rotatable bonds is 8. The molecule has 194 valence electrons. The maximum Gasteiger partial charge on any atom is 0.252 e. The normalized spacial score (nSPS) is 20.1. The molecule has 0 radical (unpaired) electrons. The molecular formula is C28H40N6O2. The van der Waals surface area contributed by atoms with Crippen LogP contribution in [-0.4, -0.2) is 49.3 Å². The van der Waals surface area contributed by atoms with Crippen LogP contribution in [0.3, 0.4) is 0 Å². The number of nitrogens with zero attached hydrogens (tertiary/aromatic N) is 5. The van der Waals surface area contributed by atoms with Crippen molar-refractivity contribution >= 4 is 10.9 Å². The third-order valence-electron chi connectivity index (χ3n) is 8.10. The SMILES string of the molecule is Cc1cc2cc(CN(C[C@@H]3CCCO3)[C@H](c3nnnn3C3CCCCC3)C(C)C)c(=O)[nH]c2cc1C. The highest BCUT2D eigenvalue weighted by atomic mass is 16.5. The van der Waals surface area contributed by atoms with Crippen molar-refractivity contribution in [2.45, 2.75) is 97.4 Å². The fraction of sp³-hybridized carbons (Fsp3) is 0.643. The molecule has 36 heavy (non-hydrogen) atoms. The highest BCUT2D eigenvalue weighted by Gasteiger charge is 2.34. The van der Waals surface area contributed by atoms with Gasteiger partial charge in [0.25, 0.3) is 5.56 Å². The number of tetrazole rings is 1. The number of aromatic amines is 1. The average molecular weight is 493 g/mol. The molecule has 0 unspecified atom stereocenters. The Morgan fingerprint density at radius 3 is 2.58 bits per heavy atom. The zero-order chi connectivity index (χ0) is 25.2. The van der Waals surface area contributed by atoms with Gasteiger partial charge in [-0.1, -0.05) is 33.1 Å². The lowest BCUT2D eigenvalue weighted by Crippen LogP contribution is -2.40. The first-order chi connectivity index (χ1) is 17.4. The maximum atomic E-state index is 13.2. The van der Waals surface area contributed by atoms with Crippen molar-refractivity contribution in [2.24, 2.45) is 5.92 Å². The van der Waals surface area contributed by atoms with Crippen LogP contribution in [0.15, 0.2) is 23.0 Å². The molecule has 2 aliphatic rings. The van der Waals surface area contributed by atoms with Gasteiger partial charge in [-0.05, 0) is 90.6 Å². The van der Waals surface area contributed by atoms with Crippen LogP contribution < -0.4 is 5.56 Å². The van der Waals surface area contributed by atoms with E-state index in [0.29, 0.717) is 12.6 Å². The first-order valence-corrected chi connectivity index (χ1v) is 13.7. The van der Waals surface area contributed by atoms with Gasteiger partial charge in [-0.25, -0.2) is 4.68 Å². The maximum absolute atomic E-state index is 13.2. The highest BCUT2D eigenvalue weighted by Crippen LogP contribution is 2.34. The van der Waals surface area contributed by atoms with Crippen LogP contribution >= 0.6 is 0 Å². The Bertz CT molecular complexity index is 1240. The van der Waals surface area contributed by atoms with Crippen LogP contribution in [0, 0.1) is 19.8 Å². The van der Waals surface area contributed by atoms with Crippen molar-refractivity contribution in [3.8, 4) is 0 Å². The largest absolute Gasteiger partial charge is 0.377 e. The van der Waals surface area contributed by atoms with E-state index in [2.05, 4.69) is 76.0 Å². The molecule has 3 heterocycles. The number of aryl methyl sites for hydroxylation is 2. The second kappa shape index (κ2) is 10.8. The van der Waals surface area contributed by atoms with Crippen LogP contribution in [0.2, 0.25) is 0 Å². The topological polar surface area (TPSA) is 88.9 Å². The number of benzene rings is 1. The number of hydrogen-bond donors (Lipinski definition) is 1. The molecule has 0 spiro atoms. The lowest BCUT2D eigenvalue weighted by atomic mass is 9.94. The van der Waals surface area contributed by atoms with Crippen molar-refractivity contribution < 1.29 is 4.74 Å². The summed E-state index contributed by atoms with van der Waals surface area (Å²) in [4.78, 5) is 18.8. The number of ether oxygens (including phenoxy) is 1. The molecule has 1 aliphatic heterocycles. The van der Waals surface area contributed by atoms with E-state index in [9.17, 15) is 4.79 Å². The molecule has 1 aliphatic carbocycles. The summed E-state index contributed by atoms with van der Waals surface area (Å²) in [5.41, 5.74) is 4.03. The van der Waals surface area contributed by atoms with Crippen molar-refractivity contribution in [2.75, 3.05) is 13.2 Å². The Balaban J connectivity index is 1.52. The summed E-state index contributed by atoms with van der Waals surface area (Å²) >= 11 is 0. The minimum absolute atomic E-state index is 0.0130. The standard InChI is InChI=1S/C28H40N6O2/c1-18(2)26(27-30-31-32-34(27)23-9-6-5-7-10-23)33(17-24-11-8-12-36-24)16-22-15-21-13-19(3)20(4)14-25(21)29-28(22)35/h13-15,18,23-24,26H,5-12,16-17H2,1-4H3,(H,29,35)/t24-,26-/m0/s1. The van der Waals surface area contributed by atoms with Gasteiger partial charge in [-0.15, -0.1) is 5.10 Å². The molecular weight excluding hydrogens is 452 g/mol. The predicted molar refractivity (Wildman–Crippen MR) is 141 cm³/mol. The van der Waals surface area contributed by atoms with E-state index >= 15 is 0 Å². The van der Waals surface area contributed by atoms with E-state index in [1.807, 2.05) is 0 Å². The minimum Gasteiger partial charge on any atom is -0.377 e. The van der Waals surface area contributed by atoms with Gasteiger partial charge >= 0.3 is 0 Å². The van der Waals surface area contributed by atoms with Gasteiger partial charge in [-0.3, -0.25) is 9.69 Å². The van der Waals surface area contributed by atoms with Crippen molar-refractivity contribution in [1.29, 1.82) is 0 Å². The predicted octanol–water partition coefficient (Wildman–Crippen LogP) is 5.01. The van der Waals surface area contributed by atoms with E-state index in [1.165, 1.54) is 30.4 Å². The molecule has 1 saturated carbocycles. The van der Waals surface area contributed by atoms with Gasteiger partial charge in [0.1, 0.15) is 0 Å². The smallest absolute Gasteiger partial charge is 0.252 e. The fourth-order valence-electron chi connectivity index (χ4n) is 6.05. The zero-order valence-electron chi connectivity index (χ0n) is 22.2. The molecule has 0 bridgehead atoms. The molecule has 2 fully saturated rings. The van der Waals surface area contributed by atoms with Gasteiger partial charge < -0.3 is 9.72 Å². The summed E-state index contributed by atoms with van der Waals surface area (Å²) in [6.45, 7) is 10.7. The summed E-state index contributed by atoms with van der Waals surface area (Å²) in [5, 5.41) is 14.3. The summed E-state index contributed by atoms with van der Waals surface area (Å²) in [5.74, 6) is 1.18. The first-order valence-electron chi connectivity index (χ1n) is 13.7. The number of aromatic nitrogens is 5. The van der Waals surface area contributed by atoms with Gasteiger partial charge in [-0.2, -0.15) is 0 Å². The molecule has 5 rings (SSSR count). The molecule has 8 heteroatoms. The Labute approximate surface area is 213 Å². The van der Waals surface area contributed by atoms with E-state index < -0.39 is 0 Å². The summed E-state index contributed by atoms with van der Waals surface area (Å²) < 4.78 is 8.14. The van der Waals surface area contributed by atoms with Crippen LogP contribution in [0.25, 0.3) is 10.9 Å². The number of hydrogen-bond acceptors (Lipinski definition) is 6. The van der Waals surface area contributed by atoms with Gasteiger partial charge in [0.2, 0.25) is 0 Å². The number of nitrogens with one attached hydrogen (secondary N) is 1. The monoisotopic (exact) mass is 492 g/mol. The van der Waals surface area contributed by atoms with E-state index in [1.54, 1.807) is 0 Å². The second-order valence-electron chi connectivity index (χ2n) is 11.2. The Morgan fingerprint density at radius 1 is 1.08 bits per heavy atom. The van der Waals surface area contributed by atoms with Gasteiger partial charge in [0.05, 0.1) is 18.2 Å². The van der Waals surface area contributed by atoms with Crippen LogP contribution in [0.4, 0.5) is 0 Å². The van der Waals surface area contributed by atoms with E-state index in [-0.39, 0.29) is 23.6 Å². The van der Waals surface area contributed by atoms with Crippen LogP contribution in [0.1, 0.15) is 93.4 Å². The first kappa shape index (κ1) is 25.1. The Morgan fingerprint density at radius 2 is 1.86 bits per heavy atom. The highest BCUT2D eigenvalue weighted by molar-refractivity contribution is 5.80. The van der Waals surface area contributed by atoms with Crippen molar-refractivity contribution in [3.63, 3.8) is 0 Å². The molecule has 1 saturated heterocycles. The summed E-state index contributed by atoms with van der Waals surface area (Å²) in [6, 6.07) is 6.63. The lowest BCUT2D eigenvalue weighted by molar-refractivity contribution is 0.0375. The van der Waals surface area contributed by atoms with Crippen LogP contribution in [0.5, 0.6) is 0 Å². The van der Waals surface area contributed by atoms with E-state index in [4.69, 9.17) is 4.74 Å². The second-order valence-corrected chi connectivity index (χ2v) is 11.2. The molecule has 8 nitrogen and oxygen atoms in total. The third-order valence-corrected chi connectivity index (χ3v) is 8.10. The Hall–Kier alpha value is -2.58. The summed E-state index contributed by atoms with van der Waals surface area (Å²) in [6.07, 6.45) is 8.27. The molecule has 1 N–H and O–H groups in total. The zero-order valence-corrected chi connectivity index (χ0v) is 22.2. The number of fused-ring (bicyclic) bond motifs is 1. The molecule has 1 aromatic carbocycles. The Kier molecular flexibility index (Phi) is 7.53. The molecule has 3 aromatic rings. The average Bonchev–Trinajstić information content (AvgIpc) is 3.54. The van der Waals surface area contributed by atoms with Crippen LogP contribution in [-0.2, 0) is 11.3 Å². The number of pyridine rings is 1. The quantitative estimate of drug-likeness (QED) is 0.475. The molecule has 2 atom stereocenters. The molecule has 0 amide bonds. The number of H-pyrrole nitrogens is 1. The minimum atomic E-state index is -0.0301. The van der Waals surface area contributed by atoms with Gasteiger partial charge in [0, 0.05) is 30.8 Å². The van der Waals surface area contributed by atoms with Crippen molar-refractivity contribution in [1.82, 2.24) is 30.1 Å².